The molecule has 0 amide bonds. The monoisotopic (exact) mass is 418 g/mol. The van der Waals surface area contributed by atoms with E-state index in [1.54, 1.807) is 4.57 Å². The van der Waals surface area contributed by atoms with Crippen LogP contribution in [0.15, 0.2) is 64.2 Å². The number of rotatable bonds is 9. The van der Waals surface area contributed by atoms with Crippen molar-refractivity contribution >= 4 is 6.08 Å². The number of hydrogen-bond acceptors (Lipinski definition) is 3. The van der Waals surface area contributed by atoms with E-state index in [2.05, 4.69) is 37.0 Å². The molecule has 0 spiro atoms. The number of H-pyrrole nitrogens is 1. The molecule has 0 aliphatic carbocycles. The van der Waals surface area contributed by atoms with Gasteiger partial charge in [0.25, 0.3) is 5.56 Å². The zero-order valence-electron chi connectivity index (χ0n) is 18.5. The molecule has 5 heteroatoms. The second-order valence-electron chi connectivity index (χ2n) is 7.85. The lowest BCUT2D eigenvalue weighted by molar-refractivity contribution is 0.0944. The molecule has 31 heavy (non-hydrogen) atoms. The van der Waals surface area contributed by atoms with Crippen molar-refractivity contribution < 1.29 is 4.74 Å². The van der Waals surface area contributed by atoms with Crippen molar-refractivity contribution in [2.45, 2.75) is 46.8 Å². The summed E-state index contributed by atoms with van der Waals surface area (Å²) >= 11 is 0. The highest BCUT2D eigenvalue weighted by Gasteiger charge is 2.15. The second kappa shape index (κ2) is 10.7. The average molecular weight is 419 g/mol. The lowest BCUT2D eigenvalue weighted by atomic mass is 10.00. The van der Waals surface area contributed by atoms with Crippen molar-refractivity contribution in [1.82, 2.24) is 9.55 Å². The number of aromatic nitrogens is 2. The number of benzene rings is 2. The van der Waals surface area contributed by atoms with Crippen molar-refractivity contribution in [3.8, 4) is 0 Å². The van der Waals surface area contributed by atoms with Crippen LogP contribution in [0, 0.1) is 13.8 Å². The zero-order valence-corrected chi connectivity index (χ0v) is 18.5. The first-order valence-corrected chi connectivity index (χ1v) is 10.7. The molecule has 3 rings (SSSR count). The Hall–Kier alpha value is -3.18. The molecule has 3 aromatic rings. The van der Waals surface area contributed by atoms with Gasteiger partial charge >= 0.3 is 5.69 Å². The second-order valence-corrected chi connectivity index (χ2v) is 7.85. The van der Waals surface area contributed by atoms with E-state index < -0.39 is 5.69 Å². The van der Waals surface area contributed by atoms with Gasteiger partial charge in [0, 0.05) is 17.7 Å². The van der Waals surface area contributed by atoms with Crippen LogP contribution < -0.4 is 11.2 Å². The summed E-state index contributed by atoms with van der Waals surface area (Å²) < 4.78 is 7.33. The molecule has 0 saturated carbocycles. The van der Waals surface area contributed by atoms with E-state index in [-0.39, 0.29) is 12.3 Å². The third-order valence-electron chi connectivity index (χ3n) is 5.11. The zero-order chi connectivity index (χ0) is 22.2. The molecule has 2 aromatic carbocycles. The van der Waals surface area contributed by atoms with Gasteiger partial charge in [0.05, 0.1) is 6.61 Å². The van der Waals surface area contributed by atoms with Gasteiger partial charge in [-0.15, -0.1) is 0 Å². The van der Waals surface area contributed by atoms with Crippen LogP contribution in [0.3, 0.4) is 0 Å². The minimum atomic E-state index is -0.434. The van der Waals surface area contributed by atoms with Gasteiger partial charge in [0.1, 0.15) is 6.73 Å². The van der Waals surface area contributed by atoms with E-state index in [1.807, 2.05) is 49.4 Å². The predicted molar refractivity (Wildman–Crippen MR) is 125 cm³/mol. The molecule has 0 saturated heterocycles. The summed E-state index contributed by atoms with van der Waals surface area (Å²) in [6, 6.07) is 16.3. The Kier molecular flexibility index (Phi) is 7.79. The maximum Gasteiger partial charge on any atom is 0.330 e. The standard InChI is InChI=1S/C26H30N2O3/c1-4-9-23-24(17-22-15-19(2)14-20(3)16-22)28(26(30)27-25(23)29)18-31-13-8-12-21-10-6-5-7-11-21/h5-8,10-12,14-16H,4,9,13,17-18H2,1-3H3,(H,27,29,30)/b12-8+. The summed E-state index contributed by atoms with van der Waals surface area (Å²) in [6.07, 6.45) is 5.85. The maximum atomic E-state index is 12.6. The van der Waals surface area contributed by atoms with E-state index in [9.17, 15) is 9.59 Å². The molecule has 0 atom stereocenters. The van der Waals surface area contributed by atoms with Crippen LogP contribution in [0.5, 0.6) is 0 Å². The molecule has 0 fully saturated rings. The Morgan fingerprint density at radius 3 is 2.42 bits per heavy atom. The van der Waals surface area contributed by atoms with Crippen LogP contribution in [-0.2, 0) is 24.3 Å². The third-order valence-corrected chi connectivity index (χ3v) is 5.11. The lowest BCUT2D eigenvalue weighted by Crippen LogP contribution is -2.36. The number of hydrogen-bond donors (Lipinski definition) is 1. The molecule has 5 nitrogen and oxygen atoms in total. The Morgan fingerprint density at radius 1 is 1.03 bits per heavy atom. The molecule has 0 aliphatic rings. The van der Waals surface area contributed by atoms with Gasteiger partial charge in [-0.3, -0.25) is 14.3 Å². The van der Waals surface area contributed by atoms with Crippen LogP contribution >= 0.6 is 0 Å². The predicted octanol–water partition coefficient (Wildman–Crippen LogP) is 4.38. The smallest absolute Gasteiger partial charge is 0.330 e. The lowest BCUT2D eigenvalue weighted by Gasteiger charge is -2.16. The normalized spacial score (nSPS) is 11.3. The van der Waals surface area contributed by atoms with Crippen molar-refractivity contribution in [2.24, 2.45) is 0 Å². The Bertz CT molecular complexity index is 1140. The first-order chi connectivity index (χ1) is 15.0. The SMILES string of the molecule is CCCc1c(Cc2cc(C)cc(C)c2)n(COC/C=C/c2ccccc2)c(=O)[nH]c1=O. The molecule has 1 heterocycles. The summed E-state index contributed by atoms with van der Waals surface area (Å²) in [4.78, 5) is 27.6. The number of aromatic amines is 1. The van der Waals surface area contributed by atoms with Crippen LogP contribution in [0.1, 0.15) is 46.9 Å². The van der Waals surface area contributed by atoms with E-state index >= 15 is 0 Å². The minimum Gasteiger partial charge on any atom is -0.357 e. The van der Waals surface area contributed by atoms with Crippen LogP contribution in [0.2, 0.25) is 0 Å². The van der Waals surface area contributed by atoms with E-state index in [4.69, 9.17) is 4.74 Å². The summed E-state index contributed by atoms with van der Waals surface area (Å²) in [5.41, 5.74) is 5.15. The van der Waals surface area contributed by atoms with Gasteiger partial charge in [-0.05, 0) is 31.4 Å². The highest BCUT2D eigenvalue weighted by Crippen LogP contribution is 2.16. The highest BCUT2D eigenvalue weighted by molar-refractivity contribution is 5.48. The third kappa shape index (κ3) is 6.15. The van der Waals surface area contributed by atoms with E-state index in [0.29, 0.717) is 25.0 Å². The van der Waals surface area contributed by atoms with Crippen LogP contribution in [0.4, 0.5) is 0 Å². The fraction of sp³-hybridized carbons (Fsp3) is 0.308. The van der Waals surface area contributed by atoms with Gasteiger partial charge < -0.3 is 4.74 Å². The fourth-order valence-electron chi connectivity index (χ4n) is 3.83. The molecule has 0 radical (unpaired) electrons. The summed E-state index contributed by atoms with van der Waals surface area (Å²) in [5, 5.41) is 0. The fourth-order valence-corrected chi connectivity index (χ4v) is 3.83. The Morgan fingerprint density at radius 2 is 1.74 bits per heavy atom. The molecular weight excluding hydrogens is 388 g/mol. The van der Waals surface area contributed by atoms with E-state index in [0.717, 1.165) is 34.4 Å². The molecule has 162 valence electrons. The first kappa shape index (κ1) is 22.5. The van der Waals surface area contributed by atoms with Crippen molar-refractivity contribution in [2.75, 3.05) is 6.61 Å². The average Bonchev–Trinajstić information content (AvgIpc) is 2.72. The van der Waals surface area contributed by atoms with Gasteiger partial charge in [-0.25, -0.2) is 4.79 Å². The number of nitrogens with zero attached hydrogens (tertiary/aromatic N) is 1. The van der Waals surface area contributed by atoms with Gasteiger partial charge in [-0.2, -0.15) is 0 Å². The molecule has 0 aliphatic heterocycles. The quantitative estimate of drug-likeness (QED) is 0.525. The minimum absolute atomic E-state index is 0.0889. The van der Waals surface area contributed by atoms with Crippen LogP contribution in [0.25, 0.3) is 6.08 Å². The largest absolute Gasteiger partial charge is 0.357 e. The summed E-state index contributed by atoms with van der Waals surface area (Å²) in [7, 11) is 0. The number of nitrogens with one attached hydrogen (secondary N) is 1. The summed E-state index contributed by atoms with van der Waals surface area (Å²) in [5.74, 6) is 0. The highest BCUT2D eigenvalue weighted by atomic mass is 16.5. The molecular formula is C26H30N2O3. The first-order valence-electron chi connectivity index (χ1n) is 10.7. The van der Waals surface area contributed by atoms with Crippen molar-refractivity contribution in [1.29, 1.82) is 0 Å². The van der Waals surface area contributed by atoms with Gasteiger partial charge in [0.2, 0.25) is 0 Å². The maximum absolute atomic E-state index is 12.6. The van der Waals surface area contributed by atoms with Gasteiger partial charge in [0.15, 0.2) is 0 Å². The van der Waals surface area contributed by atoms with E-state index in [1.165, 1.54) is 0 Å². The molecule has 0 bridgehead atoms. The topological polar surface area (TPSA) is 64.1 Å². The number of aryl methyl sites for hydroxylation is 2. The molecule has 0 unspecified atom stereocenters. The summed E-state index contributed by atoms with van der Waals surface area (Å²) in [6.45, 7) is 6.59. The van der Waals surface area contributed by atoms with Gasteiger partial charge in [-0.1, -0.05) is 85.2 Å². The van der Waals surface area contributed by atoms with Crippen molar-refractivity contribution in [3.05, 3.63) is 109 Å². The Labute approximate surface area is 183 Å². The van der Waals surface area contributed by atoms with Crippen molar-refractivity contribution in [3.63, 3.8) is 0 Å². The van der Waals surface area contributed by atoms with Crippen LogP contribution in [-0.4, -0.2) is 16.2 Å². The Balaban J connectivity index is 1.85. The molecule has 1 N–H and O–H groups in total. The molecule has 1 aromatic heterocycles. The number of ether oxygens (including phenoxy) is 1.